The SMILES string of the molecule is COC(=O)C(CCCCl)=C(F)F. The molecule has 0 aliphatic rings. The largest absolute Gasteiger partial charge is 0.466 e. The van der Waals surface area contributed by atoms with Crippen LogP contribution in [0.2, 0.25) is 0 Å². The highest BCUT2D eigenvalue weighted by Crippen LogP contribution is 2.15. The lowest BCUT2D eigenvalue weighted by atomic mass is 10.2. The van der Waals surface area contributed by atoms with E-state index in [9.17, 15) is 13.6 Å². The van der Waals surface area contributed by atoms with Gasteiger partial charge in [0.15, 0.2) is 0 Å². The zero-order valence-corrected chi connectivity index (χ0v) is 7.33. The van der Waals surface area contributed by atoms with Crippen LogP contribution in [0.15, 0.2) is 11.7 Å². The number of hydrogen-bond donors (Lipinski definition) is 0. The van der Waals surface area contributed by atoms with E-state index < -0.39 is 17.6 Å². The van der Waals surface area contributed by atoms with Gasteiger partial charge in [0.1, 0.15) is 5.57 Å². The summed E-state index contributed by atoms with van der Waals surface area (Å²) in [7, 11) is 1.06. The van der Waals surface area contributed by atoms with Crippen LogP contribution in [0, 0.1) is 0 Å². The maximum absolute atomic E-state index is 12.0. The van der Waals surface area contributed by atoms with Gasteiger partial charge in [0.25, 0.3) is 6.08 Å². The first-order valence-corrected chi connectivity index (χ1v) is 3.85. The molecule has 0 unspecified atom stereocenters. The summed E-state index contributed by atoms with van der Waals surface area (Å²) < 4.78 is 28.1. The Bertz CT molecular complexity index is 188. The Morgan fingerprint density at radius 2 is 2.08 bits per heavy atom. The molecule has 0 atom stereocenters. The fourth-order valence-corrected chi connectivity index (χ4v) is 0.774. The number of esters is 1. The fraction of sp³-hybridized carbons (Fsp3) is 0.571. The van der Waals surface area contributed by atoms with Crippen LogP contribution >= 0.6 is 11.6 Å². The van der Waals surface area contributed by atoms with Gasteiger partial charge in [-0.2, -0.15) is 8.78 Å². The molecule has 70 valence electrons. The van der Waals surface area contributed by atoms with Crippen molar-refractivity contribution in [1.29, 1.82) is 0 Å². The van der Waals surface area contributed by atoms with Crippen molar-refractivity contribution in [1.82, 2.24) is 0 Å². The minimum Gasteiger partial charge on any atom is -0.466 e. The number of carbonyl (C=O) groups is 1. The third-order valence-electron chi connectivity index (χ3n) is 1.22. The predicted molar refractivity (Wildman–Crippen MR) is 41.2 cm³/mol. The smallest absolute Gasteiger partial charge is 0.339 e. The van der Waals surface area contributed by atoms with E-state index in [0.717, 1.165) is 7.11 Å². The van der Waals surface area contributed by atoms with Crippen molar-refractivity contribution in [2.45, 2.75) is 12.8 Å². The molecule has 0 rings (SSSR count). The second kappa shape index (κ2) is 5.94. The standard InChI is InChI=1S/C7H9ClF2O2/c1-12-7(11)5(6(9)10)3-2-4-8/h2-4H2,1H3. The monoisotopic (exact) mass is 198 g/mol. The topological polar surface area (TPSA) is 26.3 Å². The van der Waals surface area contributed by atoms with Gasteiger partial charge in [0.05, 0.1) is 7.11 Å². The van der Waals surface area contributed by atoms with Gasteiger partial charge in [-0.25, -0.2) is 4.79 Å². The molecule has 0 N–H and O–H groups in total. The van der Waals surface area contributed by atoms with Gasteiger partial charge < -0.3 is 4.74 Å². The molecule has 0 saturated heterocycles. The van der Waals surface area contributed by atoms with Gasteiger partial charge in [-0.1, -0.05) is 0 Å². The van der Waals surface area contributed by atoms with Crippen LogP contribution in [0.4, 0.5) is 8.78 Å². The molecule has 0 heterocycles. The highest BCUT2D eigenvalue weighted by atomic mass is 35.5. The first kappa shape index (κ1) is 11.4. The minimum absolute atomic E-state index is 0.0431. The van der Waals surface area contributed by atoms with E-state index in [1.807, 2.05) is 0 Å². The van der Waals surface area contributed by atoms with E-state index >= 15 is 0 Å². The third-order valence-corrected chi connectivity index (χ3v) is 1.49. The van der Waals surface area contributed by atoms with E-state index in [4.69, 9.17) is 11.6 Å². The van der Waals surface area contributed by atoms with Crippen molar-refractivity contribution in [2.75, 3.05) is 13.0 Å². The van der Waals surface area contributed by atoms with Crippen LogP contribution in [-0.2, 0) is 9.53 Å². The van der Waals surface area contributed by atoms with E-state index in [2.05, 4.69) is 4.74 Å². The molecule has 5 heteroatoms. The van der Waals surface area contributed by atoms with Crippen LogP contribution in [-0.4, -0.2) is 19.0 Å². The summed E-state index contributed by atoms with van der Waals surface area (Å²) in [4.78, 5) is 10.7. The Hall–Kier alpha value is -0.640. The fourth-order valence-electron chi connectivity index (χ4n) is 0.640. The first-order valence-electron chi connectivity index (χ1n) is 3.32. The quantitative estimate of drug-likeness (QED) is 0.394. The van der Waals surface area contributed by atoms with Crippen LogP contribution in [0.3, 0.4) is 0 Å². The molecule has 0 aromatic rings. The van der Waals surface area contributed by atoms with E-state index in [1.165, 1.54) is 0 Å². The average Bonchev–Trinajstić information content (AvgIpc) is 2.04. The van der Waals surface area contributed by atoms with E-state index in [0.29, 0.717) is 6.42 Å². The van der Waals surface area contributed by atoms with Crippen LogP contribution in [0.5, 0.6) is 0 Å². The van der Waals surface area contributed by atoms with E-state index in [1.54, 1.807) is 0 Å². The summed E-state index contributed by atoms with van der Waals surface area (Å²) in [5.41, 5.74) is -0.585. The van der Waals surface area contributed by atoms with Gasteiger partial charge in [-0.15, -0.1) is 11.6 Å². The number of hydrogen-bond acceptors (Lipinski definition) is 2. The zero-order chi connectivity index (χ0) is 9.56. The van der Waals surface area contributed by atoms with Crippen LogP contribution in [0.1, 0.15) is 12.8 Å². The van der Waals surface area contributed by atoms with Gasteiger partial charge in [0, 0.05) is 5.88 Å². The van der Waals surface area contributed by atoms with E-state index in [-0.39, 0.29) is 12.3 Å². The van der Waals surface area contributed by atoms with Gasteiger partial charge in [-0.05, 0) is 12.8 Å². The normalized spacial score (nSPS) is 9.33. The van der Waals surface area contributed by atoms with Gasteiger partial charge in [-0.3, -0.25) is 0 Å². The van der Waals surface area contributed by atoms with Crippen molar-refractivity contribution in [3.63, 3.8) is 0 Å². The molecule has 0 aliphatic heterocycles. The lowest BCUT2D eigenvalue weighted by molar-refractivity contribution is -0.136. The van der Waals surface area contributed by atoms with Crippen molar-refractivity contribution in [3.05, 3.63) is 11.7 Å². The van der Waals surface area contributed by atoms with Crippen molar-refractivity contribution in [3.8, 4) is 0 Å². The first-order chi connectivity index (χ1) is 5.63. The summed E-state index contributed by atoms with van der Waals surface area (Å²) in [6.45, 7) is 0. The molecule has 0 aromatic heterocycles. The highest BCUT2D eigenvalue weighted by molar-refractivity contribution is 6.17. The molecule has 0 radical (unpaired) electrons. The number of alkyl halides is 1. The summed E-state index contributed by atoms with van der Waals surface area (Å²) in [5.74, 6) is -0.742. The van der Waals surface area contributed by atoms with Crippen molar-refractivity contribution < 1.29 is 18.3 Å². The summed E-state index contributed by atoms with van der Waals surface area (Å²) in [5, 5.41) is 0. The number of halogens is 3. The molecule has 0 amide bonds. The van der Waals surface area contributed by atoms with Crippen LogP contribution < -0.4 is 0 Å². The Balaban J connectivity index is 4.26. The lowest BCUT2D eigenvalue weighted by Gasteiger charge is -2.01. The maximum Gasteiger partial charge on any atom is 0.339 e. The number of carbonyl (C=O) groups excluding carboxylic acids is 1. The molecular formula is C7H9ClF2O2. The molecule has 0 bridgehead atoms. The molecule has 0 aliphatic carbocycles. The molecule has 0 saturated carbocycles. The molecule has 0 spiro atoms. The summed E-state index contributed by atoms with van der Waals surface area (Å²) >= 11 is 5.28. The number of rotatable bonds is 4. The van der Waals surface area contributed by atoms with Gasteiger partial charge >= 0.3 is 5.97 Å². The molecule has 2 nitrogen and oxygen atoms in total. The molecule has 0 fully saturated rings. The second-order valence-corrected chi connectivity index (χ2v) is 2.40. The zero-order valence-electron chi connectivity index (χ0n) is 6.57. The Morgan fingerprint density at radius 1 is 1.50 bits per heavy atom. The number of ether oxygens (including phenoxy) is 1. The number of methoxy groups -OCH3 is 1. The minimum atomic E-state index is -1.99. The third kappa shape index (κ3) is 3.67. The summed E-state index contributed by atoms with van der Waals surface area (Å²) in [6, 6.07) is 0. The average molecular weight is 199 g/mol. The lowest BCUT2D eigenvalue weighted by Crippen LogP contribution is -2.06. The maximum atomic E-state index is 12.0. The second-order valence-electron chi connectivity index (χ2n) is 2.02. The molecular weight excluding hydrogens is 190 g/mol. The Morgan fingerprint density at radius 3 is 2.42 bits per heavy atom. The molecule has 12 heavy (non-hydrogen) atoms. The van der Waals surface area contributed by atoms with Crippen LogP contribution in [0.25, 0.3) is 0 Å². The van der Waals surface area contributed by atoms with Crippen molar-refractivity contribution in [2.24, 2.45) is 0 Å². The summed E-state index contributed by atoms with van der Waals surface area (Å²) in [6.07, 6.45) is -1.70. The van der Waals surface area contributed by atoms with Crippen molar-refractivity contribution >= 4 is 17.6 Å². The molecule has 0 aromatic carbocycles. The van der Waals surface area contributed by atoms with Gasteiger partial charge in [0.2, 0.25) is 0 Å². The predicted octanol–water partition coefficient (Wildman–Crippen LogP) is 2.33. The Kier molecular flexibility index (Phi) is 5.62. The Labute approximate surface area is 74.1 Å². The highest BCUT2D eigenvalue weighted by Gasteiger charge is 2.15.